The number of carbonyl (C=O) groups excluding carboxylic acids is 1. The van der Waals surface area contributed by atoms with Crippen LogP contribution in [0.15, 0.2) is 47.4 Å². The number of rotatable bonds is 9. The van der Waals surface area contributed by atoms with Crippen molar-refractivity contribution in [2.75, 3.05) is 12.4 Å². The summed E-state index contributed by atoms with van der Waals surface area (Å²) in [5.41, 5.74) is 0.000598. The lowest BCUT2D eigenvalue weighted by Crippen LogP contribution is -2.28. The molecule has 4 aromatic rings. The number of nitrogens with zero attached hydrogens (tertiary/aromatic N) is 5. The van der Waals surface area contributed by atoms with Crippen LogP contribution in [0, 0.1) is 5.82 Å². The summed E-state index contributed by atoms with van der Waals surface area (Å²) in [6.07, 6.45) is 0.446. The number of aryl methyl sites for hydroxylation is 1. The van der Waals surface area contributed by atoms with E-state index in [1.807, 2.05) is 13.1 Å². The maximum atomic E-state index is 14.8. The van der Waals surface area contributed by atoms with Crippen molar-refractivity contribution in [2.45, 2.75) is 50.7 Å². The first-order valence-electron chi connectivity index (χ1n) is 12.2. The van der Waals surface area contributed by atoms with Crippen molar-refractivity contribution in [1.82, 2.24) is 24.9 Å². The molecule has 0 atom stereocenters. The van der Waals surface area contributed by atoms with Gasteiger partial charge < -0.3 is 14.6 Å². The van der Waals surface area contributed by atoms with Gasteiger partial charge in [-0.2, -0.15) is 13.2 Å². The van der Waals surface area contributed by atoms with E-state index in [9.17, 15) is 22.4 Å². The molecular weight excluding hydrogens is 520 g/mol. The van der Waals surface area contributed by atoms with Gasteiger partial charge in [0, 0.05) is 48.7 Å². The molecule has 0 aliphatic heterocycles. The van der Waals surface area contributed by atoms with Crippen LogP contribution >= 0.6 is 0 Å². The van der Waals surface area contributed by atoms with Gasteiger partial charge >= 0.3 is 6.18 Å². The number of carbonyl (C=O) groups is 1. The van der Waals surface area contributed by atoms with Crippen molar-refractivity contribution in [3.05, 3.63) is 71.4 Å². The lowest BCUT2D eigenvalue weighted by molar-refractivity contribution is -0.165. The number of ether oxygens (including phenoxy) is 1. The monoisotopic (exact) mass is 544 g/mol. The van der Waals surface area contributed by atoms with E-state index < -0.39 is 23.3 Å². The van der Waals surface area contributed by atoms with Gasteiger partial charge in [0.05, 0.1) is 13.5 Å². The number of methoxy groups -OCH3 is 1. The third-order valence-electron chi connectivity index (χ3n) is 6.65. The third-order valence-corrected chi connectivity index (χ3v) is 6.65. The molecule has 1 amide bonds. The van der Waals surface area contributed by atoms with Gasteiger partial charge in [-0.25, -0.2) is 14.4 Å². The molecule has 204 valence electrons. The largest absolute Gasteiger partial charge is 0.480 e. The summed E-state index contributed by atoms with van der Waals surface area (Å²) in [5.74, 6) is -0.724. The van der Waals surface area contributed by atoms with E-state index in [-0.39, 0.29) is 36.4 Å². The number of benzene rings is 1. The first-order chi connectivity index (χ1) is 18.6. The minimum Gasteiger partial charge on any atom is -0.480 e. The molecule has 1 aromatic carbocycles. The molecule has 13 heteroatoms. The highest BCUT2D eigenvalue weighted by atomic mass is 19.4. The van der Waals surface area contributed by atoms with Crippen molar-refractivity contribution >= 4 is 11.7 Å². The van der Waals surface area contributed by atoms with Gasteiger partial charge in [-0.05, 0) is 37.0 Å². The number of nitrogens with one attached hydrogen (secondary N) is 1. The van der Waals surface area contributed by atoms with Crippen LogP contribution in [0.4, 0.5) is 23.4 Å². The quantitative estimate of drug-likeness (QED) is 0.300. The average Bonchev–Trinajstić information content (AvgIpc) is 3.45. The predicted octanol–water partition coefficient (Wildman–Crippen LogP) is 4.86. The summed E-state index contributed by atoms with van der Waals surface area (Å²) in [7, 11) is 1.54. The number of hydrogen-bond donors (Lipinski definition) is 1. The number of aromatic nitrogens is 5. The van der Waals surface area contributed by atoms with Crippen LogP contribution in [-0.4, -0.2) is 44.1 Å². The maximum absolute atomic E-state index is 14.8. The molecule has 1 fully saturated rings. The topological polar surface area (TPSA) is 108 Å². The Morgan fingerprint density at radius 1 is 1.15 bits per heavy atom. The van der Waals surface area contributed by atoms with Gasteiger partial charge in [0.25, 0.3) is 0 Å². The summed E-state index contributed by atoms with van der Waals surface area (Å²) in [6.45, 7) is 2.66. The summed E-state index contributed by atoms with van der Waals surface area (Å²) in [5, 5.41) is 10.2. The lowest BCUT2D eigenvalue weighted by Gasteiger charge is -2.14. The highest BCUT2D eigenvalue weighted by Crippen LogP contribution is 2.59. The molecule has 39 heavy (non-hydrogen) atoms. The fourth-order valence-corrected chi connectivity index (χ4v) is 4.25. The van der Waals surface area contributed by atoms with Crippen molar-refractivity contribution in [3.8, 4) is 17.0 Å². The summed E-state index contributed by atoms with van der Waals surface area (Å²) >= 11 is 0. The Morgan fingerprint density at radius 3 is 2.51 bits per heavy atom. The third kappa shape index (κ3) is 5.33. The van der Waals surface area contributed by atoms with Gasteiger partial charge in [-0.1, -0.05) is 17.3 Å². The molecular formula is C26H24F4N6O3. The maximum Gasteiger partial charge on any atom is 0.401 e. The van der Waals surface area contributed by atoms with Crippen LogP contribution in [-0.2, 0) is 29.6 Å². The summed E-state index contributed by atoms with van der Waals surface area (Å²) in [6, 6.07) is 5.42. The second kappa shape index (κ2) is 10.1. The molecule has 0 spiro atoms. The van der Waals surface area contributed by atoms with Gasteiger partial charge in [0.2, 0.25) is 11.8 Å². The second-order valence-corrected chi connectivity index (χ2v) is 9.27. The number of amides is 1. The number of hydrogen-bond acceptors (Lipinski definition) is 7. The van der Waals surface area contributed by atoms with Crippen LogP contribution < -0.4 is 10.1 Å². The standard InChI is InChI=1S/C26H24F4N6O3/c1-3-36-14-17(24(34-36)38-2)9-21-31-12-18(13-32-21)15-4-5-16(19(27)8-15)10-23(37)33-22-11-20(39-35-22)25(6-7-25)26(28,29)30/h4-5,8,11-14H,3,6-7,9-10H2,1-2H3,(H,33,35,37). The van der Waals surface area contributed by atoms with Crippen LogP contribution in [0.3, 0.4) is 0 Å². The van der Waals surface area contributed by atoms with Crippen LogP contribution in [0.2, 0.25) is 0 Å². The van der Waals surface area contributed by atoms with E-state index in [1.165, 1.54) is 12.1 Å². The molecule has 0 saturated heterocycles. The molecule has 0 bridgehead atoms. The molecule has 1 aliphatic rings. The highest BCUT2D eigenvalue weighted by molar-refractivity contribution is 5.91. The van der Waals surface area contributed by atoms with Crippen molar-refractivity contribution in [3.63, 3.8) is 0 Å². The molecule has 1 saturated carbocycles. The number of halogens is 4. The zero-order chi connectivity index (χ0) is 27.8. The Kier molecular flexibility index (Phi) is 6.83. The van der Waals surface area contributed by atoms with E-state index >= 15 is 0 Å². The Bertz CT molecular complexity index is 1490. The summed E-state index contributed by atoms with van der Waals surface area (Å²) < 4.78 is 66.5. The average molecular weight is 545 g/mol. The van der Waals surface area contributed by atoms with E-state index in [2.05, 4.69) is 25.5 Å². The number of alkyl halides is 3. The minimum absolute atomic E-state index is 0.0935. The molecule has 0 radical (unpaired) electrons. The SMILES string of the molecule is CCn1cc(Cc2ncc(-c3ccc(CC(=O)Nc4cc(C5(C(F)(F)F)CC5)on4)c(F)c3)cn2)c(OC)n1. The molecule has 5 rings (SSSR count). The first-order valence-corrected chi connectivity index (χ1v) is 12.2. The Labute approximate surface area is 220 Å². The van der Waals surface area contributed by atoms with Crippen LogP contribution in [0.5, 0.6) is 5.88 Å². The zero-order valence-electron chi connectivity index (χ0n) is 21.0. The molecule has 1 N–H and O–H groups in total. The fraction of sp³-hybridized carbons (Fsp3) is 0.346. The van der Waals surface area contributed by atoms with Crippen molar-refractivity contribution in [2.24, 2.45) is 0 Å². The number of anilines is 1. The first kappa shape index (κ1) is 26.3. The Hall–Kier alpha value is -4.29. The normalized spacial score (nSPS) is 14.3. The van der Waals surface area contributed by atoms with Crippen molar-refractivity contribution in [1.29, 1.82) is 0 Å². The van der Waals surface area contributed by atoms with E-state index in [0.717, 1.165) is 11.6 Å². The van der Waals surface area contributed by atoms with E-state index in [4.69, 9.17) is 9.26 Å². The van der Waals surface area contributed by atoms with Gasteiger partial charge in [-0.15, -0.1) is 5.10 Å². The Morgan fingerprint density at radius 2 is 1.90 bits per heavy atom. The fourth-order valence-electron chi connectivity index (χ4n) is 4.25. The smallest absolute Gasteiger partial charge is 0.401 e. The van der Waals surface area contributed by atoms with Gasteiger partial charge in [0.1, 0.15) is 17.1 Å². The van der Waals surface area contributed by atoms with E-state index in [1.54, 1.807) is 30.3 Å². The molecule has 9 nitrogen and oxygen atoms in total. The highest BCUT2D eigenvalue weighted by Gasteiger charge is 2.66. The zero-order valence-corrected chi connectivity index (χ0v) is 21.0. The van der Waals surface area contributed by atoms with Crippen molar-refractivity contribution < 1.29 is 31.6 Å². The van der Waals surface area contributed by atoms with Gasteiger partial charge in [-0.3, -0.25) is 9.48 Å². The molecule has 1 aliphatic carbocycles. The Balaban J connectivity index is 1.22. The lowest BCUT2D eigenvalue weighted by atomic mass is 10.0. The predicted molar refractivity (Wildman–Crippen MR) is 130 cm³/mol. The molecule has 0 unspecified atom stereocenters. The van der Waals surface area contributed by atoms with Crippen LogP contribution in [0.1, 0.15) is 42.5 Å². The second-order valence-electron chi connectivity index (χ2n) is 9.27. The minimum atomic E-state index is -4.46. The van der Waals surface area contributed by atoms with E-state index in [0.29, 0.717) is 35.8 Å². The molecule has 3 heterocycles. The van der Waals surface area contributed by atoms with Crippen LogP contribution in [0.25, 0.3) is 11.1 Å². The summed E-state index contributed by atoms with van der Waals surface area (Å²) in [4.78, 5) is 21.1. The molecule has 3 aromatic heterocycles. The van der Waals surface area contributed by atoms with Gasteiger partial charge in [0.15, 0.2) is 11.6 Å².